The van der Waals surface area contributed by atoms with Gasteiger partial charge in [0.1, 0.15) is 0 Å². The van der Waals surface area contributed by atoms with E-state index >= 15 is 0 Å². The maximum atomic E-state index is 11.7. The number of aromatic nitrogens is 2. The van der Waals surface area contributed by atoms with Crippen LogP contribution in [0.25, 0.3) is 5.69 Å². The molecule has 17 heavy (non-hydrogen) atoms. The van der Waals surface area contributed by atoms with Crippen molar-refractivity contribution in [2.24, 2.45) is 7.05 Å². The second kappa shape index (κ2) is 3.89. The predicted octanol–water partition coefficient (Wildman–Crippen LogP) is 1.39. The maximum absolute atomic E-state index is 11.7. The zero-order valence-electron chi connectivity index (χ0n) is 9.45. The number of aryl methyl sites for hydroxylation is 1. The minimum absolute atomic E-state index is 0.00716. The van der Waals surface area contributed by atoms with Crippen molar-refractivity contribution in [1.82, 2.24) is 9.36 Å². The van der Waals surface area contributed by atoms with Crippen molar-refractivity contribution in [3.63, 3.8) is 0 Å². The van der Waals surface area contributed by atoms with Crippen LogP contribution in [-0.4, -0.2) is 14.3 Å². The molecule has 88 valence electrons. The van der Waals surface area contributed by atoms with E-state index in [4.69, 9.17) is 0 Å². The topological polar surface area (TPSA) is 70.1 Å². The summed E-state index contributed by atoms with van der Waals surface area (Å²) < 4.78 is 3.16. The van der Waals surface area contributed by atoms with Gasteiger partial charge in [0.25, 0.3) is 11.2 Å². The van der Waals surface area contributed by atoms with E-state index in [0.29, 0.717) is 5.69 Å². The van der Waals surface area contributed by atoms with Crippen LogP contribution in [0.1, 0.15) is 5.69 Å². The Morgan fingerprint density at radius 2 is 1.82 bits per heavy atom. The Hall–Kier alpha value is -2.37. The Bertz CT molecular complexity index is 622. The Balaban J connectivity index is 2.54. The maximum Gasteiger partial charge on any atom is 0.271 e. The summed E-state index contributed by atoms with van der Waals surface area (Å²) in [5, 5.41) is 10.5. The minimum atomic E-state index is -0.469. The first-order chi connectivity index (χ1) is 8.00. The number of rotatable bonds is 2. The lowest BCUT2D eigenvalue weighted by molar-refractivity contribution is -0.384. The number of benzene rings is 1. The third kappa shape index (κ3) is 1.84. The van der Waals surface area contributed by atoms with Gasteiger partial charge in [-0.15, -0.1) is 0 Å². The molecule has 1 aromatic carbocycles. The van der Waals surface area contributed by atoms with Crippen molar-refractivity contribution in [2.75, 3.05) is 0 Å². The highest BCUT2D eigenvalue weighted by atomic mass is 16.6. The van der Waals surface area contributed by atoms with Crippen LogP contribution >= 0.6 is 0 Å². The third-order valence-corrected chi connectivity index (χ3v) is 2.66. The van der Waals surface area contributed by atoms with Gasteiger partial charge in [0, 0.05) is 30.9 Å². The molecular formula is C11H11N3O3. The van der Waals surface area contributed by atoms with Crippen molar-refractivity contribution >= 4 is 5.69 Å². The van der Waals surface area contributed by atoms with E-state index in [1.54, 1.807) is 23.9 Å². The standard InChI is InChI=1S/C11H11N3O3/c1-8-7-11(15)13(12(8)2)9-3-5-10(6-4-9)14(16)17/h3-7H,1-2H3. The van der Waals surface area contributed by atoms with Crippen LogP contribution in [0.3, 0.4) is 0 Å². The highest BCUT2D eigenvalue weighted by Crippen LogP contribution is 2.14. The van der Waals surface area contributed by atoms with Crippen molar-refractivity contribution in [3.05, 3.63) is 56.5 Å². The van der Waals surface area contributed by atoms with Crippen molar-refractivity contribution in [2.45, 2.75) is 6.92 Å². The summed E-state index contributed by atoms with van der Waals surface area (Å²) >= 11 is 0. The van der Waals surface area contributed by atoms with Crippen LogP contribution in [0.5, 0.6) is 0 Å². The molecule has 0 aliphatic rings. The SMILES string of the molecule is Cc1cc(=O)n(-c2ccc([N+](=O)[O-])cc2)n1C. The third-order valence-electron chi connectivity index (χ3n) is 2.66. The van der Waals surface area contributed by atoms with E-state index in [9.17, 15) is 14.9 Å². The van der Waals surface area contributed by atoms with Crippen LogP contribution in [0, 0.1) is 17.0 Å². The van der Waals surface area contributed by atoms with Gasteiger partial charge < -0.3 is 0 Å². The summed E-state index contributed by atoms with van der Waals surface area (Å²) in [4.78, 5) is 21.7. The quantitative estimate of drug-likeness (QED) is 0.581. The molecule has 0 atom stereocenters. The normalized spacial score (nSPS) is 10.5. The summed E-state index contributed by atoms with van der Waals surface area (Å²) in [5.41, 5.74) is 1.29. The van der Waals surface area contributed by atoms with Crippen molar-refractivity contribution in [1.29, 1.82) is 0 Å². The predicted molar refractivity (Wildman–Crippen MR) is 62.4 cm³/mol. The first kappa shape index (κ1) is 11.1. The smallest absolute Gasteiger partial charge is 0.271 e. The molecule has 1 aromatic heterocycles. The Morgan fingerprint density at radius 1 is 1.24 bits per heavy atom. The van der Waals surface area contributed by atoms with Crippen LogP contribution in [0.2, 0.25) is 0 Å². The van der Waals surface area contributed by atoms with E-state index in [0.717, 1.165) is 5.69 Å². The van der Waals surface area contributed by atoms with Crippen LogP contribution in [-0.2, 0) is 7.05 Å². The summed E-state index contributed by atoms with van der Waals surface area (Å²) in [6, 6.07) is 7.38. The van der Waals surface area contributed by atoms with E-state index in [-0.39, 0.29) is 11.2 Å². The van der Waals surface area contributed by atoms with Gasteiger partial charge in [-0.05, 0) is 19.1 Å². The first-order valence-corrected chi connectivity index (χ1v) is 5.01. The Kier molecular flexibility index (Phi) is 2.55. The van der Waals surface area contributed by atoms with E-state index < -0.39 is 4.92 Å². The van der Waals surface area contributed by atoms with Gasteiger partial charge in [-0.25, -0.2) is 4.68 Å². The molecule has 0 N–H and O–H groups in total. The molecule has 0 spiro atoms. The van der Waals surface area contributed by atoms with Gasteiger partial charge in [-0.3, -0.25) is 19.6 Å². The molecule has 0 aliphatic heterocycles. The summed E-state index contributed by atoms with van der Waals surface area (Å²) in [6.45, 7) is 1.82. The van der Waals surface area contributed by atoms with Gasteiger partial charge in [0.05, 0.1) is 10.6 Å². The highest BCUT2D eigenvalue weighted by molar-refractivity contribution is 5.40. The van der Waals surface area contributed by atoms with E-state index in [1.165, 1.54) is 22.9 Å². The summed E-state index contributed by atoms with van der Waals surface area (Å²) in [6.07, 6.45) is 0. The van der Waals surface area contributed by atoms with Gasteiger partial charge in [0.2, 0.25) is 0 Å². The Morgan fingerprint density at radius 3 is 2.24 bits per heavy atom. The molecule has 0 radical (unpaired) electrons. The molecule has 0 saturated heterocycles. The number of nitro benzene ring substituents is 1. The van der Waals surface area contributed by atoms with Crippen molar-refractivity contribution < 1.29 is 4.92 Å². The lowest BCUT2D eigenvalue weighted by atomic mass is 10.3. The van der Waals surface area contributed by atoms with Gasteiger partial charge in [-0.1, -0.05) is 0 Å². The lowest BCUT2D eigenvalue weighted by Gasteiger charge is -2.07. The molecule has 2 rings (SSSR count). The number of nitro groups is 1. The monoisotopic (exact) mass is 233 g/mol. The van der Waals surface area contributed by atoms with Crippen LogP contribution in [0.15, 0.2) is 35.1 Å². The number of hydrogen-bond donors (Lipinski definition) is 0. The molecule has 0 fully saturated rings. The molecule has 0 unspecified atom stereocenters. The van der Waals surface area contributed by atoms with E-state index in [2.05, 4.69) is 0 Å². The zero-order valence-corrected chi connectivity index (χ0v) is 9.45. The van der Waals surface area contributed by atoms with Gasteiger partial charge in [-0.2, -0.15) is 0 Å². The Labute approximate surface area is 96.9 Å². The molecular weight excluding hydrogens is 222 g/mol. The molecule has 0 bridgehead atoms. The minimum Gasteiger partial charge on any atom is -0.285 e. The van der Waals surface area contributed by atoms with Crippen molar-refractivity contribution in [3.8, 4) is 5.69 Å². The number of hydrogen-bond acceptors (Lipinski definition) is 3. The zero-order chi connectivity index (χ0) is 12.6. The molecule has 2 aromatic rings. The fourth-order valence-corrected chi connectivity index (χ4v) is 1.65. The average Bonchev–Trinajstić information content (AvgIpc) is 2.53. The largest absolute Gasteiger partial charge is 0.285 e. The number of non-ortho nitro benzene ring substituents is 1. The molecule has 0 aliphatic carbocycles. The van der Waals surface area contributed by atoms with Crippen LogP contribution < -0.4 is 5.56 Å². The molecule has 6 nitrogen and oxygen atoms in total. The molecule has 6 heteroatoms. The molecule has 1 heterocycles. The first-order valence-electron chi connectivity index (χ1n) is 5.01. The van der Waals surface area contributed by atoms with Gasteiger partial charge in [0.15, 0.2) is 0 Å². The second-order valence-electron chi connectivity index (χ2n) is 3.73. The molecule has 0 amide bonds. The number of nitrogens with zero attached hydrogens (tertiary/aromatic N) is 3. The molecule has 0 saturated carbocycles. The second-order valence-corrected chi connectivity index (χ2v) is 3.73. The van der Waals surface area contributed by atoms with E-state index in [1.807, 2.05) is 6.92 Å². The highest BCUT2D eigenvalue weighted by Gasteiger charge is 2.09. The van der Waals surface area contributed by atoms with Crippen LogP contribution in [0.4, 0.5) is 5.69 Å². The van der Waals surface area contributed by atoms with Gasteiger partial charge >= 0.3 is 0 Å². The fourth-order valence-electron chi connectivity index (χ4n) is 1.65. The fraction of sp³-hybridized carbons (Fsp3) is 0.182. The summed E-state index contributed by atoms with van der Waals surface area (Å²) in [5.74, 6) is 0. The average molecular weight is 233 g/mol. The summed E-state index contributed by atoms with van der Waals surface area (Å²) in [7, 11) is 1.76. The lowest BCUT2D eigenvalue weighted by Crippen LogP contribution is -2.19.